The fraction of sp³-hybridized carbons (Fsp3) is 0.462. The van der Waals surface area contributed by atoms with Gasteiger partial charge < -0.3 is 14.8 Å². The Balaban J connectivity index is 2.63. The van der Waals surface area contributed by atoms with Crippen LogP contribution in [0.25, 0.3) is 0 Å². The number of carbonyl (C=O) groups excluding carboxylic acids is 1. The minimum absolute atomic E-state index is 0.00107. The Hall–Kier alpha value is -1.85. The van der Waals surface area contributed by atoms with Gasteiger partial charge in [-0.25, -0.2) is 0 Å². The molecule has 0 atom stereocenters. The first-order valence-electron chi connectivity index (χ1n) is 5.95. The number of rotatable bonds is 7. The summed E-state index contributed by atoms with van der Waals surface area (Å²) in [5.74, 6) is 0.225. The number of alkyl halides is 2. The lowest BCUT2D eigenvalue weighted by molar-refractivity contribution is -0.120. The second-order valence-corrected chi connectivity index (χ2v) is 3.82. The molecule has 0 aliphatic heterocycles. The summed E-state index contributed by atoms with van der Waals surface area (Å²) in [5, 5.41) is 2.73. The molecule has 0 aliphatic carbocycles. The monoisotopic (exact) mass is 273 g/mol. The van der Waals surface area contributed by atoms with Gasteiger partial charge in [0.05, 0.1) is 7.11 Å². The van der Waals surface area contributed by atoms with Gasteiger partial charge in [-0.15, -0.1) is 0 Å². The van der Waals surface area contributed by atoms with Crippen LogP contribution in [0.1, 0.15) is 18.9 Å². The molecule has 1 aromatic carbocycles. The normalized spacial score (nSPS) is 10.4. The van der Waals surface area contributed by atoms with E-state index in [9.17, 15) is 13.6 Å². The molecule has 0 fully saturated rings. The molecule has 4 nitrogen and oxygen atoms in total. The predicted octanol–water partition coefficient (Wildman–Crippen LogP) is 2.37. The summed E-state index contributed by atoms with van der Waals surface area (Å²) in [6, 6.07) is 4.72. The van der Waals surface area contributed by atoms with E-state index in [2.05, 4.69) is 10.1 Å². The first kappa shape index (κ1) is 15.2. The lowest BCUT2D eigenvalue weighted by Gasteiger charge is -2.11. The second-order valence-electron chi connectivity index (χ2n) is 3.82. The average molecular weight is 273 g/mol. The maximum Gasteiger partial charge on any atom is 0.387 e. The summed E-state index contributed by atoms with van der Waals surface area (Å²) in [6.07, 6.45) is 1.03. The minimum atomic E-state index is -2.89. The molecule has 106 valence electrons. The molecule has 0 radical (unpaired) electrons. The van der Waals surface area contributed by atoms with E-state index in [-0.39, 0.29) is 17.4 Å². The van der Waals surface area contributed by atoms with Crippen LogP contribution in [0.2, 0.25) is 0 Å². The van der Waals surface area contributed by atoms with Crippen LogP contribution in [0.4, 0.5) is 8.78 Å². The van der Waals surface area contributed by atoms with Crippen molar-refractivity contribution in [1.82, 2.24) is 5.32 Å². The number of benzene rings is 1. The highest BCUT2D eigenvalue weighted by molar-refractivity contribution is 5.75. The quantitative estimate of drug-likeness (QED) is 0.829. The summed E-state index contributed by atoms with van der Waals surface area (Å²) in [5.41, 5.74) is 0.870. The van der Waals surface area contributed by atoms with Gasteiger partial charge in [-0.2, -0.15) is 8.78 Å². The standard InChI is InChI=1S/C13H17F2NO3/c1-3-12(17)16-7-6-9-4-5-10(19-13(14)15)11(8-9)18-2/h4-5,8,13H,3,6-7H2,1-2H3,(H,16,17). The van der Waals surface area contributed by atoms with Crippen molar-refractivity contribution >= 4 is 5.91 Å². The highest BCUT2D eigenvalue weighted by Gasteiger charge is 2.10. The largest absolute Gasteiger partial charge is 0.493 e. The van der Waals surface area contributed by atoms with Crippen molar-refractivity contribution in [2.45, 2.75) is 26.4 Å². The number of ether oxygens (including phenoxy) is 2. The Morgan fingerprint density at radius 3 is 2.68 bits per heavy atom. The Kier molecular flexibility index (Phi) is 6.05. The van der Waals surface area contributed by atoms with Crippen LogP contribution in [0.3, 0.4) is 0 Å². The molecule has 1 aromatic rings. The molecule has 1 amide bonds. The molecule has 0 saturated heterocycles. The molecule has 0 bridgehead atoms. The Bertz CT molecular complexity index is 424. The van der Waals surface area contributed by atoms with Gasteiger partial charge >= 0.3 is 6.61 Å². The second kappa shape index (κ2) is 7.56. The van der Waals surface area contributed by atoms with Crippen LogP contribution in [0.15, 0.2) is 18.2 Å². The third kappa shape index (κ3) is 5.11. The molecule has 6 heteroatoms. The Morgan fingerprint density at radius 2 is 2.11 bits per heavy atom. The van der Waals surface area contributed by atoms with Gasteiger partial charge in [0.15, 0.2) is 11.5 Å². The Morgan fingerprint density at radius 1 is 1.37 bits per heavy atom. The van der Waals surface area contributed by atoms with Gasteiger partial charge in [0.1, 0.15) is 0 Å². The van der Waals surface area contributed by atoms with E-state index >= 15 is 0 Å². The van der Waals surface area contributed by atoms with Gasteiger partial charge in [0, 0.05) is 13.0 Å². The topological polar surface area (TPSA) is 47.6 Å². The first-order chi connectivity index (χ1) is 9.06. The molecule has 0 saturated carbocycles. The number of methoxy groups -OCH3 is 1. The number of amides is 1. The van der Waals surface area contributed by atoms with E-state index in [1.807, 2.05) is 0 Å². The molecular weight excluding hydrogens is 256 g/mol. The molecule has 19 heavy (non-hydrogen) atoms. The van der Waals surface area contributed by atoms with Crippen molar-refractivity contribution in [2.24, 2.45) is 0 Å². The maximum atomic E-state index is 12.1. The summed E-state index contributed by atoms with van der Waals surface area (Å²) >= 11 is 0. The number of halogens is 2. The highest BCUT2D eigenvalue weighted by atomic mass is 19.3. The van der Waals surface area contributed by atoms with E-state index < -0.39 is 6.61 Å². The first-order valence-corrected chi connectivity index (χ1v) is 5.95. The molecule has 0 aromatic heterocycles. The van der Waals surface area contributed by atoms with Crippen LogP contribution >= 0.6 is 0 Å². The van der Waals surface area contributed by atoms with Crippen molar-refractivity contribution in [1.29, 1.82) is 0 Å². The van der Waals surface area contributed by atoms with E-state index in [0.717, 1.165) is 5.56 Å². The van der Waals surface area contributed by atoms with Crippen molar-refractivity contribution in [3.05, 3.63) is 23.8 Å². The van der Waals surface area contributed by atoms with Crippen LogP contribution in [0.5, 0.6) is 11.5 Å². The van der Waals surface area contributed by atoms with E-state index in [1.165, 1.54) is 13.2 Å². The lowest BCUT2D eigenvalue weighted by atomic mass is 10.1. The van der Waals surface area contributed by atoms with Crippen LogP contribution < -0.4 is 14.8 Å². The molecule has 0 spiro atoms. The zero-order chi connectivity index (χ0) is 14.3. The molecular formula is C13H17F2NO3. The summed E-state index contributed by atoms with van der Waals surface area (Å²) in [6.45, 7) is -0.622. The van der Waals surface area contributed by atoms with Gasteiger partial charge in [-0.1, -0.05) is 13.0 Å². The highest BCUT2D eigenvalue weighted by Crippen LogP contribution is 2.29. The van der Waals surface area contributed by atoms with E-state index in [1.54, 1.807) is 19.1 Å². The number of nitrogens with one attached hydrogen (secondary N) is 1. The zero-order valence-corrected chi connectivity index (χ0v) is 10.9. The Labute approximate surface area is 110 Å². The fourth-order valence-electron chi connectivity index (χ4n) is 1.53. The van der Waals surface area contributed by atoms with E-state index in [4.69, 9.17) is 4.74 Å². The summed E-state index contributed by atoms with van der Waals surface area (Å²) < 4.78 is 33.6. The summed E-state index contributed by atoms with van der Waals surface area (Å²) in [7, 11) is 1.39. The third-order valence-corrected chi connectivity index (χ3v) is 2.50. The summed E-state index contributed by atoms with van der Waals surface area (Å²) in [4.78, 5) is 11.1. The number of carbonyl (C=O) groups is 1. The predicted molar refractivity (Wildman–Crippen MR) is 66.6 cm³/mol. The molecule has 0 aliphatic rings. The van der Waals surface area contributed by atoms with Gasteiger partial charge in [-0.05, 0) is 24.1 Å². The van der Waals surface area contributed by atoms with Crippen LogP contribution in [0, 0.1) is 0 Å². The lowest BCUT2D eigenvalue weighted by Crippen LogP contribution is -2.24. The van der Waals surface area contributed by atoms with E-state index in [0.29, 0.717) is 19.4 Å². The van der Waals surface area contributed by atoms with Gasteiger partial charge in [-0.3, -0.25) is 4.79 Å². The van der Waals surface area contributed by atoms with Crippen molar-refractivity contribution in [2.75, 3.05) is 13.7 Å². The van der Waals surface area contributed by atoms with Gasteiger partial charge in [0.25, 0.3) is 0 Å². The molecule has 1 N–H and O–H groups in total. The SMILES string of the molecule is CCC(=O)NCCc1ccc(OC(F)F)c(OC)c1. The fourth-order valence-corrected chi connectivity index (χ4v) is 1.53. The van der Waals surface area contributed by atoms with Gasteiger partial charge in [0.2, 0.25) is 5.91 Å². The van der Waals surface area contributed by atoms with Crippen molar-refractivity contribution < 1.29 is 23.0 Å². The number of hydrogen-bond donors (Lipinski definition) is 1. The molecule has 0 unspecified atom stereocenters. The minimum Gasteiger partial charge on any atom is -0.493 e. The van der Waals surface area contributed by atoms with Crippen molar-refractivity contribution in [3.63, 3.8) is 0 Å². The van der Waals surface area contributed by atoms with Crippen molar-refractivity contribution in [3.8, 4) is 11.5 Å². The van der Waals surface area contributed by atoms with Crippen LogP contribution in [-0.2, 0) is 11.2 Å². The zero-order valence-electron chi connectivity index (χ0n) is 10.9. The molecule has 0 heterocycles. The average Bonchev–Trinajstić information content (AvgIpc) is 2.39. The number of hydrogen-bond acceptors (Lipinski definition) is 3. The maximum absolute atomic E-state index is 12.1. The molecule has 1 rings (SSSR count). The third-order valence-electron chi connectivity index (χ3n) is 2.50. The smallest absolute Gasteiger partial charge is 0.387 e. The van der Waals surface area contributed by atoms with Crippen LogP contribution in [-0.4, -0.2) is 26.2 Å².